The molecule has 0 aromatic heterocycles. The van der Waals surface area contributed by atoms with E-state index in [-0.39, 0.29) is 0 Å². The number of rotatable bonds is 7. The summed E-state index contributed by atoms with van der Waals surface area (Å²) in [5, 5.41) is 0.833. The lowest BCUT2D eigenvalue weighted by Gasteiger charge is -2.38. The van der Waals surface area contributed by atoms with Crippen LogP contribution >= 0.6 is 7.44 Å². The van der Waals surface area contributed by atoms with E-state index in [1.54, 1.807) is 0 Å². The molecular weight excluding hydrogens is 254 g/mol. The Labute approximate surface area is 118 Å². The second kappa shape index (κ2) is 7.28. The van der Waals surface area contributed by atoms with E-state index in [0.29, 0.717) is 5.46 Å². The van der Waals surface area contributed by atoms with Gasteiger partial charge in [-0.1, -0.05) is 51.4 Å². The molecule has 0 aliphatic rings. The van der Waals surface area contributed by atoms with Crippen molar-refractivity contribution in [2.75, 3.05) is 26.2 Å². The highest BCUT2D eigenvalue weighted by atomic mass is 31.2. The van der Waals surface area contributed by atoms with Gasteiger partial charge in [-0.2, -0.15) is 0 Å². The maximum Gasteiger partial charge on any atom is 0.245 e. The summed E-state index contributed by atoms with van der Waals surface area (Å²) in [5.41, 5.74) is 0.664. The molecule has 0 N–H and O–H groups in total. The highest BCUT2D eigenvalue weighted by Gasteiger charge is 2.35. The molecule has 1 aromatic carbocycles. The largest absolute Gasteiger partial charge is 0.284 e. The highest BCUT2D eigenvalue weighted by molar-refractivity contribution is 7.67. The third kappa shape index (κ3) is 3.31. The van der Waals surface area contributed by atoms with Gasteiger partial charge in [0.05, 0.1) is 0 Å². The van der Waals surface area contributed by atoms with Crippen LogP contribution in [0.1, 0.15) is 27.7 Å². The van der Waals surface area contributed by atoms with E-state index in [1.807, 2.05) is 52.0 Å². The molecule has 0 aliphatic carbocycles. The number of nitrogens with zero attached hydrogens (tertiary/aromatic N) is 2. The van der Waals surface area contributed by atoms with Crippen LogP contribution in [0.25, 0.3) is 0 Å². The molecular formula is C14H24BN2OP. The van der Waals surface area contributed by atoms with Gasteiger partial charge in [0.1, 0.15) is 7.85 Å². The summed E-state index contributed by atoms with van der Waals surface area (Å²) in [7, 11) is 3.13. The van der Waals surface area contributed by atoms with Crippen LogP contribution in [-0.2, 0) is 4.57 Å². The predicted molar refractivity (Wildman–Crippen MR) is 84.9 cm³/mol. The second-order valence-electron chi connectivity index (χ2n) is 4.42. The molecule has 0 saturated carbocycles. The summed E-state index contributed by atoms with van der Waals surface area (Å²) in [6, 6.07) is 7.48. The monoisotopic (exact) mass is 278 g/mol. The Morgan fingerprint density at radius 3 is 1.84 bits per heavy atom. The summed E-state index contributed by atoms with van der Waals surface area (Å²) >= 11 is 0. The van der Waals surface area contributed by atoms with Crippen molar-refractivity contribution in [1.82, 2.24) is 9.34 Å². The van der Waals surface area contributed by atoms with Crippen molar-refractivity contribution in [2.45, 2.75) is 27.7 Å². The van der Waals surface area contributed by atoms with Gasteiger partial charge in [-0.25, -0.2) is 9.34 Å². The van der Waals surface area contributed by atoms with Crippen molar-refractivity contribution < 1.29 is 4.57 Å². The fraction of sp³-hybridized carbons (Fsp3) is 0.571. The molecule has 0 saturated heterocycles. The molecule has 104 valence electrons. The molecule has 1 aromatic rings. The number of hydrogen-bond donors (Lipinski definition) is 0. The quantitative estimate of drug-likeness (QED) is 0.563. The Bertz CT molecular complexity index is 429. The highest BCUT2D eigenvalue weighted by Crippen LogP contribution is 2.51. The van der Waals surface area contributed by atoms with Gasteiger partial charge in [0.2, 0.25) is 7.44 Å². The molecule has 0 aliphatic heterocycles. The van der Waals surface area contributed by atoms with Crippen LogP contribution in [0.4, 0.5) is 0 Å². The smallest absolute Gasteiger partial charge is 0.245 e. The van der Waals surface area contributed by atoms with Gasteiger partial charge in [0.15, 0.2) is 0 Å². The van der Waals surface area contributed by atoms with Crippen LogP contribution in [0.5, 0.6) is 0 Å². The molecule has 2 radical (unpaired) electrons. The number of hydrogen-bond acceptors (Lipinski definition) is 1. The predicted octanol–water partition coefficient (Wildman–Crippen LogP) is 1.98. The zero-order chi connectivity index (χ0) is 14.5. The molecule has 19 heavy (non-hydrogen) atoms. The lowest BCUT2D eigenvalue weighted by Crippen LogP contribution is -2.37. The van der Waals surface area contributed by atoms with Gasteiger partial charge in [-0.3, -0.25) is 4.57 Å². The second-order valence-corrected chi connectivity index (χ2v) is 7.15. The van der Waals surface area contributed by atoms with Crippen molar-refractivity contribution in [3.05, 3.63) is 24.3 Å². The van der Waals surface area contributed by atoms with Gasteiger partial charge < -0.3 is 0 Å². The van der Waals surface area contributed by atoms with Crippen molar-refractivity contribution in [1.29, 1.82) is 0 Å². The summed E-state index contributed by atoms with van der Waals surface area (Å²) in [5.74, 6) is 0. The lowest BCUT2D eigenvalue weighted by atomic mass is 9.97. The lowest BCUT2D eigenvalue weighted by molar-refractivity contribution is 0.369. The Morgan fingerprint density at radius 1 is 1.00 bits per heavy atom. The maximum atomic E-state index is 13.7. The van der Waals surface area contributed by atoms with Crippen LogP contribution < -0.4 is 10.8 Å². The van der Waals surface area contributed by atoms with E-state index in [9.17, 15) is 4.57 Å². The van der Waals surface area contributed by atoms with Crippen LogP contribution in [0.3, 0.4) is 0 Å². The standard InChI is InChI=1S/C14H24BN2OP/c1-5-16(6-2)19(18,17(7-3)8-4)14-11-9-10-13(15)12-14/h9-12H,5-8H2,1-4H3. The van der Waals surface area contributed by atoms with E-state index in [0.717, 1.165) is 31.5 Å². The first kappa shape index (κ1) is 16.5. The van der Waals surface area contributed by atoms with Crippen molar-refractivity contribution in [3.63, 3.8) is 0 Å². The Balaban J connectivity index is 3.37. The van der Waals surface area contributed by atoms with Crippen LogP contribution in [-0.4, -0.2) is 43.4 Å². The van der Waals surface area contributed by atoms with Crippen molar-refractivity contribution in [2.24, 2.45) is 0 Å². The third-order valence-corrected chi connectivity index (χ3v) is 7.05. The van der Waals surface area contributed by atoms with Gasteiger partial charge in [-0.15, -0.1) is 0 Å². The first-order chi connectivity index (χ1) is 9.04. The van der Waals surface area contributed by atoms with E-state index >= 15 is 0 Å². The molecule has 0 spiro atoms. The average Bonchev–Trinajstić information content (AvgIpc) is 2.41. The van der Waals surface area contributed by atoms with Gasteiger partial charge >= 0.3 is 0 Å². The maximum absolute atomic E-state index is 13.7. The fourth-order valence-corrected chi connectivity index (χ4v) is 5.57. The van der Waals surface area contributed by atoms with E-state index in [2.05, 4.69) is 9.34 Å². The molecule has 5 heteroatoms. The van der Waals surface area contributed by atoms with Crippen molar-refractivity contribution in [3.8, 4) is 0 Å². The summed E-state index contributed by atoms with van der Waals surface area (Å²) in [6.45, 7) is 11.2. The SMILES string of the molecule is [B]c1cccc(P(=O)(N(CC)CC)N(CC)CC)c1. The summed E-state index contributed by atoms with van der Waals surface area (Å²) in [6.07, 6.45) is 0. The molecule has 0 unspecified atom stereocenters. The summed E-state index contributed by atoms with van der Waals surface area (Å²) < 4.78 is 17.8. The van der Waals surface area contributed by atoms with Gasteiger partial charge in [-0.05, 0) is 6.07 Å². The Morgan fingerprint density at radius 2 is 1.47 bits per heavy atom. The fourth-order valence-electron chi connectivity index (χ4n) is 2.43. The Hall–Kier alpha value is -0.565. The first-order valence-corrected chi connectivity index (χ1v) is 8.62. The minimum Gasteiger partial charge on any atom is -0.284 e. The average molecular weight is 278 g/mol. The van der Waals surface area contributed by atoms with Gasteiger partial charge in [0.25, 0.3) is 0 Å². The first-order valence-electron chi connectivity index (χ1n) is 7.01. The zero-order valence-corrected chi connectivity index (χ0v) is 13.4. The minimum absolute atomic E-state index is 0.664. The molecule has 1 rings (SSSR count). The zero-order valence-electron chi connectivity index (χ0n) is 12.5. The molecule has 0 atom stereocenters. The molecule has 0 fully saturated rings. The molecule has 0 bridgehead atoms. The topological polar surface area (TPSA) is 23.6 Å². The number of benzene rings is 1. The van der Waals surface area contributed by atoms with Gasteiger partial charge in [0, 0.05) is 31.5 Å². The third-order valence-electron chi connectivity index (χ3n) is 3.43. The molecule has 3 nitrogen and oxygen atoms in total. The van der Waals surface area contributed by atoms with Crippen LogP contribution in [0, 0.1) is 0 Å². The normalized spacial score (nSPS) is 12.3. The van der Waals surface area contributed by atoms with Crippen molar-refractivity contribution >= 4 is 26.1 Å². The van der Waals surface area contributed by atoms with Crippen LogP contribution in [0.2, 0.25) is 0 Å². The minimum atomic E-state index is -2.73. The van der Waals surface area contributed by atoms with E-state index < -0.39 is 7.44 Å². The van der Waals surface area contributed by atoms with Crippen LogP contribution in [0.15, 0.2) is 24.3 Å². The molecule has 0 heterocycles. The molecule has 0 amide bonds. The van der Waals surface area contributed by atoms with E-state index in [1.165, 1.54) is 0 Å². The summed E-state index contributed by atoms with van der Waals surface area (Å²) in [4.78, 5) is 0. The Kier molecular flexibility index (Phi) is 6.32. The van der Waals surface area contributed by atoms with E-state index in [4.69, 9.17) is 7.85 Å².